The highest BCUT2D eigenvalue weighted by atomic mass is 32.2. The Morgan fingerprint density at radius 2 is 1.62 bits per heavy atom. The highest BCUT2D eigenvalue weighted by molar-refractivity contribution is 7.89. The predicted octanol–water partition coefficient (Wildman–Crippen LogP) is 4.53. The molecule has 5 rings (SSSR count). The Morgan fingerprint density at radius 1 is 0.933 bits per heavy atom. The molecule has 10 nitrogen and oxygen atoms in total. The second-order valence-electron chi connectivity index (χ2n) is 11.1. The molecule has 2 heterocycles. The molecule has 0 spiro atoms. The Morgan fingerprint density at radius 3 is 2.31 bits per heavy atom. The molecule has 0 saturated carbocycles. The van der Waals surface area contributed by atoms with E-state index in [4.69, 9.17) is 9.47 Å². The summed E-state index contributed by atoms with van der Waals surface area (Å²) < 4.78 is 40.4. The third-order valence-electron chi connectivity index (χ3n) is 7.87. The molecule has 1 amide bonds. The smallest absolute Gasteiger partial charge is 0.329 e. The lowest BCUT2D eigenvalue weighted by molar-refractivity contribution is -0.145. The van der Waals surface area contributed by atoms with Crippen molar-refractivity contribution in [3.05, 3.63) is 90.0 Å². The van der Waals surface area contributed by atoms with E-state index >= 15 is 0 Å². The van der Waals surface area contributed by atoms with Gasteiger partial charge in [-0.2, -0.15) is 4.31 Å². The maximum absolute atomic E-state index is 13.7. The first-order chi connectivity index (χ1) is 21.6. The largest absolute Gasteiger partial charge is 0.456 e. The van der Waals surface area contributed by atoms with E-state index in [1.807, 2.05) is 61.5 Å². The number of nitrogens with zero attached hydrogens (tertiary/aromatic N) is 2. The van der Waals surface area contributed by atoms with Gasteiger partial charge in [0, 0.05) is 36.1 Å². The molecule has 45 heavy (non-hydrogen) atoms. The van der Waals surface area contributed by atoms with Crippen LogP contribution in [0, 0.1) is 5.92 Å². The Hall–Kier alpha value is -4.32. The maximum atomic E-state index is 13.7. The Labute approximate surface area is 263 Å². The number of carbonyl (C=O) groups is 3. The van der Waals surface area contributed by atoms with Crippen molar-refractivity contribution in [1.29, 1.82) is 0 Å². The lowest BCUT2D eigenvalue weighted by atomic mass is 10.0. The molecular weight excluding hydrogens is 594 g/mol. The molecule has 4 aromatic rings. The van der Waals surface area contributed by atoms with Crippen molar-refractivity contribution in [3.8, 4) is 11.3 Å². The normalized spacial score (nSPS) is 14.8. The summed E-state index contributed by atoms with van der Waals surface area (Å²) in [6.07, 6.45) is 0. The summed E-state index contributed by atoms with van der Waals surface area (Å²) >= 11 is 0. The van der Waals surface area contributed by atoms with Crippen LogP contribution in [-0.4, -0.2) is 73.9 Å². The third kappa shape index (κ3) is 6.70. The summed E-state index contributed by atoms with van der Waals surface area (Å²) in [5.74, 6) is -2.13. The number of aromatic nitrogens is 1. The van der Waals surface area contributed by atoms with E-state index in [1.165, 1.54) is 28.6 Å². The van der Waals surface area contributed by atoms with Gasteiger partial charge in [-0.05, 0) is 42.7 Å². The Bertz CT molecular complexity index is 1810. The fraction of sp³-hybridized carbons (Fsp3) is 0.324. The van der Waals surface area contributed by atoms with Crippen LogP contribution in [0.5, 0.6) is 0 Å². The maximum Gasteiger partial charge on any atom is 0.329 e. The van der Waals surface area contributed by atoms with Gasteiger partial charge in [-0.1, -0.05) is 68.4 Å². The quantitative estimate of drug-likeness (QED) is 0.191. The molecule has 1 aromatic heterocycles. The molecular formula is C34H37N3O7S. The number of aryl methyl sites for hydroxylation is 1. The summed E-state index contributed by atoms with van der Waals surface area (Å²) in [6, 6.07) is 21.8. The predicted molar refractivity (Wildman–Crippen MR) is 170 cm³/mol. The summed E-state index contributed by atoms with van der Waals surface area (Å²) in [5, 5.41) is 3.44. The summed E-state index contributed by atoms with van der Waals surface area (Å²) in [7, 11) is -3.82. The molecule has 236 valence electrons. The first kappa shape index (κ1) is 32.1. The first-order valence-corrected chi connectivity index (χ1v) is 16.4. The summed E-state index contributed by atoms with van der Waals surface area (Å²) in [6.45, 7) is 6.68. The summed E-state index contributed by atoms with van der Waals surface area (Å²) in [5.41, 5.74) is 3.07. The number of benzene rings is 3. The van der Waals surface area contributed by atoms with Gasteiger partial charge in [0.05, 0.1) is 29.4 Å². The molecule has 3 aromatic carbocycles. The zero-order valence-corrected chi connectivity index (χ0v) is 26.4. The lowest BCUT2D eigenvalue weighted by Gasteiger charge is -2.26. The number of carbonyl (C=O) groups excluding carboxylic acids is 3. The molecule has 0 bridgehead atoms. The fourth-order valence-corrected chi connectivity index (χ4v) is 7.02. The van der Waals surface area contributed by atoms with Crippen LogP contribution in [0.15, 0.2) is 83.8 Å². The standard InChI is InChI=1S/C34H37N3O7S/c1-4-37-28-16-9-8-15-27(28)30(32(37)24-11-6-5-7-12-24)29(38)22-44-34(40)31(23(2)3)35-33(39)25-13-10-14-26(21-25)45(41,42)36-17-19-43-20-18-36/h5-16,21,23,31H,4,17-20,22H2,1-3H3,(H,35,39). The van der Waals surface area contributed by atoms with Crippen LogP contribution in [0.3, 0.4) is 0 Å². The van der Waals surface area contributed by atoms with E-state index in [-0.39, 0.29) is 35.2 Å². The monoisotopic (exact) mass is 631 g/mol. The van der Waals surface area contributed by atoms with Crippen molar-refractivity contribution in [3.63, 3.8) is 0 Å². The van der Waals surface area contributed by atoms with Gasteiger partial charge in [-0.25, -0.2) is 13.2 Å². The van der Waals surface area contributed by atoms with Crippen molar-refractivity contribution < 1.29 is 32.3 Å². The number of amides is 1. The number of hydrogen-bond donors (Lipinski definition) is 1. The van der Waals surface area contributed by atoms with Crippen molar-refractivity contribution in [2.75, 3.05) is 32.9 Å². The van der Waals surface area contributed by atoms with Gasteiger partial charge in [-0.3, -0.25) is 9.59 Å². The third-order valence-corrected chi connectivity index (χ3v) is 9.76. The number of Topliss-reactive ketones (excluding diaryl/α,β-unsaturated/α-hetero) is 1. The minimum atomic E-state index is -3.82. The topological polar surface area (TPSA) is 124 Å². The molecule has 1 aliphatic rings. The van der Waals surface area contributed by atoms with Gasteiger partial charge in [0.1, 0.15) is 6.04 Å². The van der Waals surface area contributed by atoms with Crippen LogP contribution in [0.25, 0.3) is 22.2 Å². The van der Waals surface area contributed by atoms with Crippen LogP contribution in [0.1, 0.15) is 41.5 Å². The van der Waals surface area contributed by atoms with Crippen LogP contribution >= 0.6 is 0 Å². The second-order valence-corrected chi connectivity index (χ2v) is 13.1. The second kappa shape index (κ2) is 13.8. The number of rotatable bonds is 11. The van der Waals surface area contributed by atoms with Crippen LogP contribution in [0.4, 0.5) is 0 Å². The number of para-hydroxylation sites is 1. The van der Waals surface area contributed by atoms with Gasteiger partial charge >= 0.3 is 5.97 Å². The Kier molecular flexibility index (Phi) is 9.81. The van der Waals surface area contributed by atoms with E-state index in [1.54, 1.807) is 13.8 Å². The van der Waals surface area contributed by atoms with Crippen molar-refractivity contribution in [2.24, 2.45) is 5.92 Å². The molecule has 1 saturated heterocycles. The molecule has 1 fully saturated rings. The van der Waals surface area contributed by atoms with E-state index in [2.05, 4.69) is 9.88 Å². The number of morpholine rings is 1. The van der Waals surface area contributed by atoms with E-state index < -0.39 is 34.5 Å². The van der Waals surface area contributed by atoms with Crippen molar-refractivity contribution in [2.45, 2.75) is 38.3 Å². The van der Waals surface area contributed by atoms with E-state index in [9.17, 15) is 22.8 Å². The summed E-state index contributed by atoms with van der Waals surface area (Å²) in [4.78, 5) is 40.3. The van der Waals surface area contributed by atoms with Crippen molar-refractivity contribution >= 4 is 38.6 Å². The van der Waals surface area contributed by atoms with Crippen LogP contribution < -0.4 is 5.32 Å². The number of hydrogen-bond acceptors (Lipinski definition) is 7. The molecule has 0 radical (unpaired) electrons. The van der Waals surface area contributed by atoms with Gasteiger partial charge in [0.15, 0.2) is 6.61 Å². The van der Waals surface area contributed by atoms with E-state index in [0.29, 0.717) is 25.3 Å². The molecule has 11 heteroatoms. The van der Waals surface area contributed by atoms with E-state index in [0.717, 1.165) is 22.2 Å². The number of ketones is 1. The number of sulfonamides is 1. The number of ether oxygens (including phenoxy) is 2. The van der Waals surface area contributed by atoms with Gasteiger partial charge in [-0.15, -0.1) is 0 Å². The molecule has 1 atom stereocenters. The minimum absolute atomic E-state index is 0.0215. The minimum Gasteiger partial charge on any atom is -0.456 e. The van der Waals surface area contributed by atoms with Crippen LogP contribution in [0.2, 0.25) is 0 Å². The lowest BCUT2D eigenvalue weighted by Crippen LogP contribution is -2.45. The average Bonchev–Trinajstić information content (AvgIpc) is 3.41. The highest BCUT2D eigenvalue weighted by Crippen LogP contribution is 2.34. The fourth-order valence-electron chi connectivity index (χ4n) is 5.57. The zero-order chi connectivity index (χ0) is 32.1. The zero-order valence-electron chi connectivity index (χ0n) is 25.6. The molecule has 1 aliphatic heterocycles. The highest BCUT2D eigenvalue weighted by Gasteiger charge is 2.30. The molecule has 1 unspecified atom stereocenters. The SMILES string of the molecule is CCn1c(-c2ccccc2)c(C(=O)COC(=O)C(NC(=O)c2cccc(S(=O)(=O)N3CCOCC3)c2)C(C)C)c2ccccc21. The number of esters is 1. The van der Waals surface area contributed by atoms with Crippen molar-refractivity contribution in [1.82, 2.24) is 14.2 Å². The number of fused-ring (bicyclic) bond motifs is 1. The molecule has 0 aliphatic carbocycles. The van der Waals surface area contributed by atoms with Crippen LogP contribution in [-0.2, 0) is 30.8 Å². The average molecular weight is 632 g/mol. The van der Waals surface area contributed by atoms with Gasteiger partial charge in [0.2, 0.25) is 15.8 Å². The molecule has 1 N–H and O–H groups in total. The van der Waals surface area contributed by atoms with Gasteiger partial charge < -0.3 is 19.4 Å². The number of nitrogens with one attached hydrogen (secondary N) is 1. The first-order valence-electron chi connectivity index (χ1n) is 15.0. The van der Waals surface area contributed by atoms with Gasteiger partial charge in [0.25, 0.3) is 5.91 Å². The Balaban J connectivity index is 1.33.